The Morgan fingerprint density at radius 3 is 2.14 bits per heavy atom. The molecule has 0 bridgehead atoms. The molecule has 0 saturated heterocycles. The molecule has 0 aliphatic carbocycles. The normalized spacial score (nSPS) is 11.0. The molecule has 5 rings (SSSR count). The summed E-state index contributed by atoms with van der Waals surface area (Å²) in [6.07, 6.45) is 3.61. The van der Waals surface area contributed by atoms with Gasteiger partial charge in [-0.05, 0) is 54.6 Å². The number of para-hydroxylation sites is 2. The highest BCUT2D eigenvalue weighted by Gasteiger charge is 2.27. The van der Waals surface area contributed by atoms with Crippen molar-refractivity contribution >= 4 is 22.6 Å². The SMILES string of the molecule is Clc1ccc(-c2n(-c3ccccn3)c3ccccc3[n+]2-c2ccccn2)cc1. The first-order valence-corrected chi connectivity index (χ1v) is 9.35. The number of halogens is 1. The fourth-order valence-electron chi connectivity index (χ4n) is 3.46. The molecule has 134 valence electrons. The Kier molecular flexibility index (Phi) is 4.11. The van der Waals surface area contributed by atoms with Crippen LogP contribution >= 0.6 is 11.6 Å². The van der Waals surface area contributed by atoms with E-state index in [2.05, 4.69) is 31.2 Å². The van der Waals surface area contributed by atoms with E-state index in [1.54, 1.807) is 12.4 Å². The van der Waals surface area contributed by atoms with Crippen molar-refractivity contribution in [3.63, 3.8) is 0 Å². The monoisotopic (exact) mass is 383 g/mol. The van der Waals surface area contributed by atoms with E-state index in [1.165, 1.54) is 0 Å². The highest BCUT2D eigenvalue weighted by atomic mass is 35.5. The van der Waals surface area contributed by atoms with E-state index in [0.29, 0.717) is 5.02 Å². The van der Waals surface area contributed by atoms with E-state index >= 15 is 0 Å². The highest BCUT2D eigenvalue weighted by Crippen LogP contribution is 2.28. The van der Waals surface area contributed by atoms with Crippen molar-refractivity contribution in [2.75, 3.05) is 0 Å². The van der Waals surface area contributed by atoms with Gasteiger partial charge >= 0.3 is 0 Å². The lowest BCUT2D eigenvalue weighted by atomic mass is 10.2. The van der Waals surface area contributed by atoms with Gasteiger partial charge in [-0.2, -0.15) is 4.57 Å². The molecule has 0 radical (unpaired) electrons. The van der Waals surface area contributed by atoms with Gasteiger partial charge in [0.1, 0.15) is 17.2 Å². The van der Waals surface area contributed by atoms with E-state index in [0.717, 1.165) is 34.1 Å². The molecule has 0 fully saturated rings. The second kappa shape index (κ2) is 6.91. The molecule has 0 aliphatic heterocycles. The van der Waals surface area contributed by atoms with Gasteiger partial charge in [-0.3, -0.25) is 0 Å². The summed E-state index contributed by atoms with van der Waals surface area (Å²) in [5.74, 6) is 2.66. The Morgan fingerprint density at radius 1 is 0.714 bits per heavy atom. The van der Waals surface area contributed by atoms with Crippen LogP contribution in [0.3, 0.4) is 0 Å². The lowest BCUT2D eigenvalue weighted by molar-refractivity contribution is -0.559. The summed E-state index contributed by atoms with van der Waals surface area (Å²) in [6, 6.07) is 28.0. The number of aromatic nitrogens is 4. The maximum Gasteiger partial charge on any atom is 0.267 e. The van der Waals surface area contributed by atoms with E-state index in [9.17, 15) is 0 Å². The summed E-state index contributed by atoms with van der Waals surface area (Å²) in [7, 11) is 0. The molecule has 3 aromatic heterocycles. The van der Waals surface area contributed by atoms with Crippen molar-refractivity contribution in [1.29, 1.82) is 0 Å². The van der Waals surface area contributed by atoms with Crippen molar-refractivity contribution < 1.29 is 4.57 Å². The van der Waals surface area contributed by atoms with Crippen molar-refractivity contribution in [2.24, 2.45) is 0 Å². The lowest BCUT2D eigenvalue weighted by Crippen LogP contribution is -2.34. The number of hydrogen-bond donors (Lipinski definition) is 0. The third kappa shape index (κ3) is 2.75. The van der Waals surface area contributed by atoms with Crippen molar-refractivity contribution in [3.05, 3.63) is 102 Å². The molecular weight excluding hydrogens is 368 g/mol. The zero-order valence-electron chi connectivity index (χ0n) is 14.9. The van der Waals surface area contributed by atoms with Crippen molar-refractivity contribution in [3.8, 4) is 23.0 Å². The first kappa shape index (κ1) is 16.7. The first-order valence-electron chi connectivity index (χ1n) is 8.97. The molecule has 0 saturated carbocycles. The van der Waals surface area contributed by atoms with Crippen LogP contribution in [-0.2, 0) is 0 Å². The van der Waals surface area contributed by atoms with E-state index in [1.807, 2.05) is 72.8 Å². The van der Waals surface area contributed by atoms with Crippen LogP contribution in [0.25, 0.3) is 34.1 Å². The summed E-state index contributed by atoms with van der Waals surface area (Å²) in [5, 5.41) is 0.702. The Hall–Kier alpha value is -3.50. The third-order valence-electron chi connectivity index (χ3n) is 4.65. The molecule has 0 N–H and O–H groups in total. The molecule has 0 spiro atoms. The Morgan fingerprint density at radius 2 is 1.43 bits per heavy atom. The maximum absolute atomic E-state index is 6.15. The molecule has 5 aromatic rings. The Labute approximate surface area is 167 Å². The maximum atomic E-state index is 6.15. The molecule has 3 heterocycles. The van der Waals surface area contributed by atoms with Gasteiger partial charge in [0.15, 0.2) is 5.82 Å². The highest BCUT2D eigenvalue weighted by molar-refractivity contribution is 6.30. The van der Waals surface area contributed by atoms with Gasteiger partial charge in [-0.25, -0.2) is 9.55 Å². The Bertz CT molecular complexity index is 1170. The molecule has 28 heavy (non-hydrogen) atoms. The second-order valence-electron chi connectivity index (χ2n) is 6.37. The average molecular weight is 384 g/mol. The quantitative estimate of drug-likeness (QED) is 0.410. The molecule has 0 atom stereocenters. The number of nitrogens with zero attached hydrogens (tertiary/aromatic N) is 4. The molecule has 2 aromatic carbocycles. The fraction of sp³-hybridized carbons (Fsp3) is 0. The summed E-state index contributed by atoms with van der Waals surface area (Å²) in [5.41, 5.74) is 3.13. The third-order valence-corrected chi connectivity index (χ3v) is 4.90. The summed E-state index contributed by atoms with van der Waals surface area (Å²) in [4.78, 5) is 9.23. The van der Waals surface area contributed by atoms with Gasteiger partial charge in [0, 0.05) is 22.8 Å². The molecule has 4 nitrogen and oxygen atoms in total. The minimum absolute atomic E-state index is 0.702. The lowest BCUT2D eigenvalue weighted by Gasteiger charge is -2.06. The van der Waals surface area contributed by atoms with Gasteiger partial charge in [-0.15, -0.1) is 4.98 Å². The minimum atomic E-state index is 0.702. The second-order valence-corrected chi connectivity index (χ2v) is 6.80. The molecule has 0 aliphatic rings. The summed E-state index contributed by atoms with van der Waals surface area (Å²) < 4.78 is 4.32. The number of imidazole rings is 1. The fourth-order valence-corrected chi connectivity index (χ4v) is 3.59. The molecule has 0 unspecified atom stereocenters. The van der Waals surface area contributed by atoms with Crippen LogP contribution < -0.4 is 4.57 Å². The standard InChI is InChI=1S/C23H16ClN4/c24-18-13-11-17(12-14-18)23-27(21-9-3-5-15-25-21)19-7-1-2-8-20(19)28(23)22-10-4-6-16-26-22/h1-16H/q+1. The van der Waals surface area contributed by atoms with Crippen LogP contribution in [0.1, 0.15) is 0 Å². The van der Waals surface area contributed by atoms with Crippen molar-refractivity contribution in [1.82, 2.24) is 14.5 Å². The topological polar surface area (TPSA) is 34.6 Å². The van der Waals surface area contributed by atoms with E-state index < -0.39 is 0 Å². The van der Waals surface area contributed by atoms with Gasteiger partial charge in [0.2, 0.25) is 5.82 Å². The van der Waals surface area contributed by atoms with Crippen LogP contribution in [-0.4, -0.2) is 14.5 Å². The predicted molar refractivity (Wildman–Crippen MR) is 111 cm³/mol. The number of fused-ring (bicyclic) bond motifs is 1. The van der Waals surface area contributed by atoms with Crippen molar-refractivity contribution in [2.45, 2.75) is 0 Å². The van der Waals surface area contributed by atoms with Crippen LogP contribution in [0.4, 0.5) is 0 Å². The molecular formula is C23H16ClN4+. The number of rotatable bonds is 3. The smallest absolute Gasteiger partial charge is 0.225 e. The van der Waals surface area contributed by atoms with Crippen LogP contribution in [0.5, 0.6) is 0 Å². The van der Waals surface area contributed by atoms with Gasteiger partial charge in [0.25, 0.3) is 5.82 Å². The largest absolute Gasteiger partial charge is 0.267 e. The van der Waals surface area contributed by atoms with E-state index in [-0.39, 0.29) is 0 Å². The zero-order valence-corrected chi connectivity index (χ0v) is 15.7. The summed E-state index contributed by atoms with van der Waals surface area (Å²) >= 11 is 6.15. The predicted octanol–water partition coefficient (Wildman–Crippen LogP) is 5.02. The van der Waals surface area contributed by atoms with Crippen LogP contribution in [0.15, 0.2) is 97.3 Å². The van der Waals surface area contributed by atoms with E-state index in [4.69, 9.17) is 11.6 Å². The number of pyridine rings is 2. The van der Waals surface area contributed by atoms with Crippen LogP contribution in [0, 0.1) is 0 Å². The average Bonchev–Trinajstić information content (AvgIpc) is 3.11. The van der Waals surface area contributed by atoms with Gasteiger partial charge in [-0.1, -0.05) is 35.9 Å². The van der Waals surface area contributed by atoms with Gasteiger partial charge < -0.3 is 0 Å². The summed E-state index contributed by atoms with van der Waals surface area (Å²) in [6.45, 7) is 0. The molecule has 0 amide bonds. The Balaban J connectivity index is 1.95. The first-order chi connectivity index (χ1) is 13.8. The number of benzene rings is 2. The molecule has 5 heteroatoms. The number of hydrogen-bond acceptors (Lipinski definition) is 2. The van der Waals surface area contributed by atoms with Crippen LogP contribution in [0.2, 0.25) is 5.02 Å². The van der Waals surface area contributed by atoms with Gasteiger partial charge in [0.05, 0.1) is 0 Å². The zero-order chi connectivity index (χ0) is 18.9. The minimum Gasteiger partial charge on any atom is -0.225 e.